The number of carbonyl (C=O) groups is 1. The maximum atomic E-state index is 13.3. The van der Waals surface area contributed by atoms with Crippen molar-refractivity contribution >= 4 is 5.97 Å². The fraction of sp³-hybridized carbons (Fsp3) is 0.261. The fourth-order valence-corrected chi connectivity index (χ4v) is 7.71. The van der Waals surface area contributed by atoms with Gasteiger partial charge in [0.1, 0.15) is 0 Å². The zero-order chi connectivity index (χ0) is 37.5. The van der Waals surface area contributed by atoms with Gasteiger partial charge in [-0.1, -0.05) is 167 Å². The van der Waals surface area contributed by atoms with E-state index in [0.29, 0.717) is 18.9 Å². The number of esters is 1. The summed E-state index contributed by atoms with van der Waals surface area (Å²) in [6, 6.07) is 47.7. The Hall–Kier alpha value is -5.86. The Morgan fingerprint density at radius 3 is 1.85 bits per heavy atom. The van der Waals surface area contributed by atoms with Gasteiger partial charge < -0.3 is 9.75 Å². The van der Waals surface area contributed by atoms with Crippen LogP contribution in [0.2, 0.25) is 0 Å². The fourth-order valence-electron chi connectivity index (χ4n) is 7.71. The molecule has 1 atom stereocenters. The highest BCUT2D eigenvalue weighted by atomic mass is 16.5. The van der Waals surface area contributed by atoms with E-state index in [4.69, 9.17) is 20.1 Å². The van der Waals surface area contributed by atoms with E-state index in [-0.39, 0.29) is 17.9 Å². The molecule has 1 unspecified atom stereocenters. The molecule has 0 spiro atoms. The van der Waals surface area contributed by atoms with E-state index in [2.05, 4.69) is 140 Å². The van der Waals surface area contributed by atoms with E-state index >= 15 is 0 Å². The van der Waals surface area contributed by atoms with Crippen molar-refractivity contribution in [3.8, 4) is 22.5 Å². The van der Waals surface area contributed by atoms with Crippen molar-refractivity contribution in [1.29, 1.82) is 0 Å². The minimum absolute atomic E-state index is 0.171. The Morgan fingerprint density at radius 2 is 1.31 bits per heavy atom. The zero-order valence-electron chi connectivity index (χ0n) is 31.5. The predicted molar refractivity (Wildman–Crippen MR) is 214 cm³/mol. The average molecular weight is 717 g/mol. The van der Waals surface area contributed by atoms with Crippen LogP contribution in [-0.2, 0) is 21.5 Å². The third-order valence-electron chi connectivity index (χ3n) is 10.2. The summed E-state index contributed by atoms with van der Waals surface area (Å²) in [5, 5.41) is 16.9. The first-order valence-corrected chi connectivity index (χ1v) is 19.1. The van der Waals surface area contributed by atoms with Crippen LogP contribution in [0.25, 0.3) is 22.5 Å². The molecule has 1 aliphatic rings. The van der Waals surface area contributed by atoms with E-state index in [9.17, 15) is 4.79 Å². The monoisotopic (exact) mass is 716 g/mol. The Labute approximate surface area is 318 Å². The molecule has 0 saturated carbocycles. The maximum absolute atomic E-state index is 13.3. The number of aromatic nitrogens is 4. The van der Waals surface area contributed by atoms with E-state index in [1.165, 1.54) is 0 Å². The summed E-state index contributed by atoms with van der Waals surface area (Å²) in [6.07, 6.45) is 2.77. The van der Waals surface area contributed by atoms with Crippen molar-refractivity contribution < 1.29 is 9.53 Å². The lowest BCUT2D eigenvalue weighted by Gasteiger charge is -2.34. The van der Waals surface area contributed by atoms with Crippen LogP contribution in [0.4, 0.5) is 0 Å². The number of rotatable bonds is 14. The third kappa shape index (κ3) is 7.09. The Kier molecular flexibility index (Phi) is 11.1. The molecule has 0 fully saturated rings. The summed E-state index contributed by atoms with van der Waals surface area (Å²) in [5.74, 6) is 0.483. The molecule has 0 amide bonds. The van der Waals surface area contributed by atoms with Gasteiger partial charge >= 0.3 is 5.97 Å². The number of tetrazole rings is 1. The topological polar surface area (TPSA) is 85.2 Å². The number of hydrogen-bond acceptors (Lipinski definition) is 7. The smallest absolute Gasteiger partial charge is 0.337 e. The van der Waals surface area contributed by atoms with Crippen LogP contribution in [0.1, 0.15) is 62.8 Å². The van der Waals surface area contributed by atoms with Crippen LogP contribution in [0.15, 0.2) is 151 Å². The van der Waals surface area contributed by atoms with Crippen LogP contribution in [-0.4, -0.2) is 50.4 Å². The molecule has 2 heterocycles. The van der Waals surface area contributed by atoms with Gasteiger partial charge in [0.2, 0.25) is 5.82 Å². The Bertz CT molecular complexity index is 2080. The summed E-state index contributed by atoms with van der Waals surface area (Å²) in [4.78, 5) is 15.1. The van der Waals surface area contributed by atoms with Crippen LogP contribution >= 0.6 is 0 Å². The van der Waals surface area contributed by atoms with Crippen molar-refractivity contribution in [1.82, 2.24) is 30.6 Å². The first-order chi connectivity index (χ1) is 26.4. The van der Waals surface area contributed by atoms with Crippen molar-refractivity contribution in [2.45, 2.75) is 58.5 Å². The second-order valence-electron chi connectivity index (χ2n) is 14.0. The van der Waals surface area contributed by atoms with Crippen LogP contribution in [0, 0.1) is 5.92 Å². The molecule has 1 aromatic heterocycles. The molecule has 0 saturated heterocycles. The predicted octanol–water partition coefficient (Wildman–Crippen LogP) is 8.85. The molecule has 1 N–H and O–H groups in total. The highest BCUT2D eigenvalue weighted by Gasteiger charge is 2.41. The molecule has 54 heavy (non-hydrogen) atoms. The highest BCUT2D eigenvalue weighted by molar-refractivity contribution is 5.91. The second kappa shape index (κ2) is 16.4. The number of nitrogens with zero attached hydrogens (tertiary/aromatic N) is 5. The van der Waals surface area contributed by atoms with E-state index in [1.807, 2.05) is 37.3 Å². The van der Waals surface area contributed by atoms with Crippen molar-refractivity contribution in [3.05, 3.63) is 173 Å². The van der Waals surface area contributed by atoms with Gasteiger partial charge in [-0.15, -0.1) is 15.0 Å². The molecule has 0 radical (unpaired) electrons. The van der Waals surface area contributed by atoms with E-state index in [1.54, 1.807) is 4.80 Å². The quantitative estimate of drug-likeness (QED) is 0.0891. The highest BCUT2D eigenvalue weighted by Crippen LogP contribution is 2.40. The summed E-state index contributed by atoms with van der Waals surface area (Å²) >= 11 is 0. The zero-order valence-corrected chi connectivity index (χ0v) is 31.5. The lowest BCUT2D eigenvalue weighted by molar-refractivity contribution is -0.138. The SMILES string of the molecule is CCCCN1NC(Cc2ccc(-c3ccccc3-c3nnn(C(c4ccccc4)(c4ccccc4)c4ccccc4)n3)cc2)C(C(=O)OCC)=C1C(C)C. The molecule has 274 valence electrons. The molecular formula is C46H48N6O2. The average Bonchev–Trinajstić information content (AvgIpc) is 3.85. The number of benzene rings is 5. The largest absolute Gasteiger partial charge is 0.463 e. The number of carbonyl (C=O) groups excluding carboxylic acids is 1. The molecular weight excluding hydrogens is 669 g/mol. The number of hydrazine groups is 1. The van der Waals surface area contributed by atoms with Gasteiger partial charge in [-0.2, -0.15) is 0 Å². The number of nitrogens with one attached hydrogen (secondary N) is 1. The summed E-state index contributed by atoms with van der Waals surface area (Å²) in [7, 11) is 0. The lowest BCUT2D eigenvalue weighted by Crippen LogP contribution is -2.40. The molecule has 0 aliphatic carbocycles. The molecule has 8 heteroatoms. The van der Waals surface area contributed by atoms with Crippen LogP contribution < -0.4 is 5.43 Å². The standard InChI is InChI=1S/C46H48N6O2/c1-5-7-31-51-43(33(3)4)42(45(53)54-6-2)41(48-51)32-34-27-29-35(30-28-34)39-25-17-18-26-40(39)44-47-50-52(49-44)46(36-19-11-8-12-20-36,37-21-13-9-14-22-37)38-23-15-10-16-24-38/h8-30,33,41,48H,5-7,31-32H2,1-4H3. The molecule has 5 aromatic carbocycles. The van der Waals surface area contributed by atoms with E-state index in [0.717, 1.165) is 69.6 Å². The number of allylic oxidation sites excluding steroid dienone is 1. The first-order valence-electron chi connectivity index (χ1n) is 19.1. The Morgan fingerprint density at radius 1 is 0.759 bits per heavy atom. The maximum Gasteiger partial charge on any atom is 0.337 e. The van der Waals surface area contributed by atoms with Gasteiger partial charge in [0.25, 0.3) is 0 Å². The van der Waals surface area contributed by atoms with Gasteiger partial charge in [-0.3, -0.25) is 0 Å². The summed E-state index contributed by atoms with van der Waals surface area (Å²) < 4.78 is 5.57. The van der Waals surface area contributed by atoms with Gasteiger partial charge in [0, 0.05) is 17.8 Å². The summed E-state index contributed by atoms with van der Waals surface area (Å²) in [5.41, 5.74) is 11.7. The molecule has 1 aliphatic heterocycles. The lowest BCUT2D eigenvalue weighted by atomic mass is 9.77. The second-order valence-corrected chi connectivity index (χ2v) is 14.0. The van der Waals surface area contributed by atoms with Crippen molar-refractivity contribution in [3.63, 3.8) is 0 Å². The van der Waals surface area contributed by atoms with Gasteiger partial charge in [0.05, 0.1) is 18.2 Å². The van der Waals surface area contributed by atoms with Gasteiger partial charge in [0.15, 0.2) is 5.54 Å². The number of unbranched alkanes of at least 4 members (excludes halogenated alkanes) is 1. The van der Waals surface area contributed by atoms with Crippen LogP contribution in [0.3, 0.4) is 0 Å². The first kappa shape index (κ1) is 36.5. The minimum atomic E-state index is -0.863. The summed E-state index contributed by atoms with van der Waals surface area (Å²) in [6.45, 7) is 9.52. The minimum Gasteiger partial charge on any atom is -0.463 e. The van der Waals surface area contributed by atoms with E-state index < -0.39 is 5.54 Å². The molecule has 8 nitrogen and oxygen atoms in total. The van der Waals surface area contributed by atoms with Crippen molar-refractivity contribution in [2.24, 2.45) is 5.92 Å². The van der Waals surface area contributed by atoms with Gasteiger partial charge in [-0.05, 0) is 64.3 Å². The Balaban J connectivity index is 1.23. The molecule has 7 rings (SSSR count). The molecule has 6 aromatic rings. The number of hydrogen-bond donors (Lipinski definition) is 1. The van der Waals surface area contributed by atoms with Crippen molar-refractivity contribution in [2.75, 3.05) is 13.2 Å². The third-order valence-corrected chi connectivity index (χ3v) is 10.2. The van der Waals surface area contributed by atoms with Gasteiger partial charge in [-0.25, -0.2) is 10.2 Å². The number of ether oxygens (including phenoxy) is 1. The van der Waals surface area contributed by atoms with Crippen LogP contribution in [0.5, 0.6) is 0 Å². The normalized spacial score (nSPS) is 14.5. The molecule has 0 bridgehead atoms.